The van der Waals surface area contributed by atoms with Gasteiger partial charge in [-0.3, -0.25) is 9.69 Å². The van der Waals surface area contributed by atoms with E-state index in [2.05, 4.69) is 39.5 Å². The Bertz CT molecular complexity index is 963. The van der Waals surface area contributed by atoms with E-state index in [1.54, 1.807) is 11.3 Å². The first kappa shape index (κ1) is 22.5. The normalized spacial score (nSPS) is 14.5. The molecule has 7 nitrogen and oxygen atoms in total. The number of benzene rings is 1. The quantitative estimate of drug-likeness (QED) is 0.490. The average Bonchev–Trinajstić information content (AvgIpc) is 3.41. The van der Waals surface area contributed by atoms with Crippen LogP contribution in [0.5, 0.6) is 0 Å². The zero-order chi connectivity index (χ0) is 22.2. The fraction of sp³-hybridized carbons (Fsp3) is 0.458. The minimum absolute atomic E-state index is 0.0426. The summed E-state index contributed by atoms with van der Waals surface area (Å²) >= 11 is 1.56. The molecule has 1 aliphatic heterocycles. The Balaban J connectivity index is 1.32. The summed E-state index contributed by atoms with van der Waals surface area (Å²) < 4.78 is 5.79. The lowest BCUT2D eigenvalue weighted by Crippen LogP contribution is -2.33. The number of carbonyl (C=O) groups is 1. The first-order chi connectivity index (χ1) is 15.7. The highest BCUT2D eigenvalue weighted by atomic mass is 32.1. The molecule has 0 aliphatic carbocycles. The number of hydrogen-bond donors (Lipinski definition) is 1. The van der Waals surface area contributed by atoms with Crippen molar-refractivity contribution in [3.05, 3.63) is 47.7 Å². The van der Waals surface area contributed by atoms with Crippen LogP contribution >= 0.6 is 11.3 Å². The van der Waals surface area contributed by atoms with Crippen LogP contribution in [0.4, 0.5) is 11.4 Å². The van der Waals surface area contributed by atoms with Gasteiger partial charge in [0, 0.05) is 24.5 Å². The molecule has 0 atom stereocenters. The molecule has 170 valence electrons. The molecule has 0 spiro atoms. The Labute approximate surface area is 193 Å². The van der Waals surface area contributed by atoms with Gasteiger partial charge in [0.2, 0.25) is 11.8 Å². The summed E-state index contributed by atoms with van der Waals surface area (Å²) in [5, 5.41) is 13.3. The summed E-state index contributed by atoms with van der Waals surface area (Å²) in [5.41, 5.74) is 2.05. The van der Waals surface area contributed by atoms with Crippen LogP contribution in [0.15, 0.2) is 46.2 Å². The van der Waals surface area contributed by atoms with Crippen LogP contribution in [-0.4, -0.2) is 47.2 Å². The lowest BCUT2D eigenvalue weighted by molar-refractivity contribution is -0.117. The van der Waals surface area contributed by atoms with Gasteiger partial charge in [-0.1, -0.05) is 25.8 Å². The Kier molecular flexibility index (Phi) is 7.90. The summed E-state index contributed by atoms with van der Waals surface area (Å²) in [7, 11) is 0. The number of amides is 1. The summed E-state index contributed by atoms with van der Waals surface area (Å²) in [5.74, 6) is 1.01. The first-order valence-corrected chi connectivity index (χ1v) is 12.3. The van der Waals surface area contributed by atoms with Crippen LogP contribution < -0.4 is 10.2 Å². The summed E-state index contributed by atoms with van der Waals surface area (Å²) in [6.07, 6.45) is 6.07. The van der Waals surface area contributed by atoms with E-state index in [9.17, 15) is 4.79 Å². The molecule has 1 aliphatic rings. The number of carbonyl (C=O) groups excluding carboxylic acids is 1. The van der Waals surface area contributed by atoms with Crippen molar-refractivity contribution >= 4 is 28.6 Å². The Morgan fingerprint density at radius 1 is 1.12 bits per heavy atom. The maximum atomic E-state index is 12.7. The van der Waals surface area contributed by atoms with E-state index in [4.69, 9.17) is 4.42 Å². The monoisotopic (exact) mass is 453 g/mol. The molecule has 1 N–H and O–H groups in total. The highest BCUT2D eigenvalue weighted by Crippen LogP contribution is 2.24. The summed E-state index contributed by atoms with van der Waals surface area (Å²) in [6, 6.07) is 12.1. The Morgan fingerprint density at radius 3 is 2.59 bits per heavy atom. The molecule has 32 heavy (non-hydrogen) atoms. The second-order valence-corrected chi connectivity index (χ2v) is 9.13. The van der Waals surface area contributed by atoms with E-state index < -0.39 is 0 Å². The largest absolute Gasteiger partial charge is 0.419 e. The predicted octanol–water partition coefficient (Wildman–Crippen LogP) is 5.03. The van der Waals surface area contributed by atoms with Crippen molar-refractivity contribution in [3.63, 3.8) is 0 Å². The van der Waals surface area contributed by atoms with E-state index in [1.807, 2.05) is 34.5 Å². The average molecular weight is 454 g/mol. The van der Waals surface area contributed by atoms with Gasteiger partial charge in [0.1, 0.15) is 0 Å². The lowest BCUT2D eigenvalue weighted by Gasteiger charge is -2.23. The van der Waals surface area contributed by atoms with Crippen LogP contribution in [0.1, 0.15) is 44.9 Å². The zero-order valence-corrected chi connectivity index (χ0v) is 19.4. The highest BCUT2D eigenvalue weighted by Gasteiger charge is 2.16. The molecule has 2 aromatic heterocycles. The maximum Gasteiger partial charge on any atom is 0.257 e. The van der Waals surface area contributed by atoms with Gasteiger partial charge in [-0.2, -0.15) is 0 Å². The van der Waals surface area contributed by atoms with Crippen LogP contribution in [0, 0.1) is 0 Å². The molecule has 0 bridgehead atoms. The molecule has 0 unspecified atom stereocenters. The van der Waals surface area contributed by atoms with E-state index in [-0.39, 0.29) is 12.5 Å². The molecule has 3 heterocycles. The fourth-order valence-corrected chi connectivity index (χ4v) is 4.67. The van der Waals surface area contributed by atoms with Gasteiger partial charge in [0.05, 0.1) is 18.0 Å². The molecule has 4 rings (SSSR count). The minimum atomic E-state index is -0.0426. The van der Waals surface area contributed by atoms with Crippen molar-refractivity contribution in [2.45, 2.75) is 45.6 Å². The third-order valence-corrected chi connectivity index (χ3v) is 6.44. The molecule has 1 saturated heterocycles. The number of anilines is 2. The van der Waals surface area contributed by atoms with Gasteiger partial charge in [-0.15, -0.1) is 21.5 Å². The molecular weight excluding hydrogens is 422 g/mol. The van der Waals surface area contributed by atoms with Crippen LogP contribution in [0.3, 0.4) is 0 Å². The van der Waals surface area contributed by atoms with Crippen molar-refractivity contribution in [2.24, 2.45) is 0 Å². The van der Waals surface area contributed by atoms with E-state index in [0.717, 1.165) is 36.6 Å². The summed E-state index contributed by atoms with van der Waals surface area (Å²) in [6.45, 7) is 5.82. The van der Waals surface area contributed by atoms with Crippen molar-refractivity contribution in [3.8, 4) is 10.8 Å². The Morgan fingerprint density at radius 2 is 1.91 bits per heavy atom. The van der Waals surface area contributed by atoms with E-state index in [1.165, 1.54) is 31.4 Å². The van der Waals surface area contributed by atoms with Gasteiger partial charge in [0.15, 0.2) is 0 Å². The van der Waals surface area contributed by atoms with Gasteiger partial charge in [0.25, 0.3) is 5.89 Å². The molecule has 0 radical (unpaired) electrons. The van der Waals surface area contributed by atoms with E-state index >= 15 is 0 Å². The van der Waals surface area contributed by atoms with Crippen LogP contribution in [-0.2, 0) is 11.3 Å². The number of aromatic nitrogens is 2. The molecule has 1 amide bonds. The van der Waals surface area contributed by atoms with Gasteiger partial charge >= 0.3 is 0 Å². The van der Waals surface area contributed by atoms with Crippen molar-refractivity contribution < 1.29 is 9.21 Å². The third kappa shape index (κ3) is 6.17. The number of hydrogen-bond acceptors (Lipinski definition) is 7. The lowest BCUT2D eigenvalue weighted by atomic mass is 10.2. The molecule has 1 aromatic carbocycles. The van der Waals surface area contributed by atoms with Crippen LogP contribution in [0.2, 0.25) is 0 Å². The Hall–Kier alpha value is -2.71. The van der Waals surface area contributed by atoms with Gasteiger partial charge < -0.3 is 14.6 Å². The second kappa shape index (κ2) is 11.2. The molecule has 0 saturated carbocycles. The SMILES string of the molecule is CCCN(CC(=O)Nc1ccc(N2CCCCCC2)cc1)Cc1nnc(-c2cccs2)o1. The zero-order valence-electron chi connectivity index (χ0n) is 18.6. The molecular formula is C24H31N5O2S. The third-order valence-electron chi connectivity index (χ3n) is 5.59. The number of thiophene rings is 1. The standard InChI is InChI=1S/C24H31N5O2S/c1-2-13-28(18-23-26-27-24(31-23)21-8-7-16-32-21)17-22(30)25-19-9-11-20(12-10-19)29-14-5-3-4-6-15-29/h7-12,16H,2-6,13-15,17-18H2,1H3,(H,25,30). The number of rotatable bonds is 9. The second-order valence-electron chi connectivity index (χ2n) is 8.19. The number of nitrogens with one attached hydrogen (secondary N) is 1. The van der Waals surface area contributed by atoms with Crippen LogP contribution in [0.25, 0.3) is 10.8 Å². The number of nitrogens with zero attached hydrogens (tertiary/aromatic N) is 4. The van der Waals surface area contributed by atoms with Crippen molar-refractivity contribution in [2.75, 3.05) is 36.4 Å². The molecule has 8 heteroatoms. The fourth-order valence-electron chi connectivity index (χ4n) is 4.03. The smallest absolute Gasteiger partial charge is 0.257 e. The minimum Gasteiger partial charge on any atom is -0.419 e. The maximum absolute atomic E-state index is 12.7. The van der Waals surface area contributed by atoms with Crippen molar-refractivity contribution in [1.29, 1.82) is 0 Å². The highest BCUT2D eigenvalue weighted by molar-refractivity contribution is 7.13. The topological polar surface area (TPSA) is 74.5 Å². The van der Waals surface area contributed by atoms with Crippen molar-refractivity contribution in [1.82, 2.24) is 15.1 Å². The molecule has 3 aromatic rings. The molecule has 1 fully saturated rings. The van der Waals surface area contributed by atoms with E-state index in [0.29, 0.717) is 18.3 Å². The summed E-state index contributed by atoms with van der Waals surface area (Å²) in [4.78, 5) is 18.1. The van der Waals surface area contributed by atoms with Gasteiger partial charge in [-0.05, 0) is 61.5 Å². The van der Waals surface area contributed by atoms with Gasteiger partial charge in [-0.25, -0.2) is 0 Å². The predicted molar refractivity (Wildman–Crippen MR) is 129 cm³/mol. The first-order valence-electron chi connectivity index (χ1n) is 11.4.